The molecule has 0 N–H and O–H groups in total. The molecule has 3 aromatic rings. The molecule has 0 aliphatic heterocycles. The third-order valence-electron chi connectivity index (χ3n) is 5.58. The summed E-state index contributed by atoms with van der Waals surface area (Å²) in [5.74, 6) is 0.866. The molecule has 1 aliphatic carbocycles. The molecule has 138 valence electrons. The lowest BCUT2D eigenvalue weighted by Crippen LogP contribution is -2.39. The summed E-state index contributed by atoms with van der Waals surface area (Å²) >= 11 is 1.62. The van der Waals surface area contributed by atoms with Crippen LogP contribution < -0.4 is 5.56 Å². The standard InChI is InChI=1S/C23H24N2OS/c1-4-23(3)15-16-11-9-10-14-18(16)20-19(23)21(26)25(22(24-20)27-5-2)17-12-7-6-8-13-17/h6-14H,4-5,15H2,1-3H3. The van der Waals surface area contributed by atoms with E-state index in [-0.39, 0.29) is 11.0 Å². The first-order chi connectivity index (χ1) is 13.1. The number of benzene rings is 2. The van der Waals surface area contributed by atoms with Gasteiger partial charge in [-0.25, -0.2) is 4.98 Å². The smallest absolute Gasteiger partial charge is 0.263 e. The topological polar surface area (TPSA) is 34.9 Å². The molecule has 0 spiro atoms. The van der Waals surface area contributed by atoms with Crippen LogP contribution in [0.5, 0.6) is 0 Å². The molecule has 2 aromatic carbocycles. The van der Waals surface area contributed by atoms with Crippen molar-refractivity contribution < 1.29 is 0 Å². The summed E-state index contributed by atoms with van der Waals surface area (Å²) in [5, 5.41) is 0.766. The van der Waals surface area contributed by atoms with Gasteiger partial charge in [0.2, 0.25) is 0 Å². The molecular weight excluding hydrogens is 352 g/mol. The quantitative estimate of drug-likeness (QED) is 0.462. The average Bonchev–Trinajstić information content (AvgIpc) is 2.69. The third kappa shape index (κ3) is 2.92. The largest absolute Gasteiger partial charge is 0.268 e. The highest BCUT2D eigenvalue weighted by atomic mass is 32.2. The van der Waals surface area contributed by atoms with E-state index in [0.29, 0.717) is 0 Å². The summed E-state index contributed by atoms with van der Waals surface area (Å²) in [7, 11) is 0. The Morgan fingerprint density at radius 2 is 1.78 bits per heavy atom. The van der Waals surface area contributed by atoms with Crippen LogP contribution in [0, 0.1) is 0 Å². The minimum absolute atomic E-state index is 0.0704. The summed E-state index contributed by atoms with van der Waals surface area (Å²) in [6.07, 6.45) is 1.78. The SMILES string of the molecule is CCSc1nc2c(c(=O)n1-c1ccccc1)C(C)(CC)Cc1ccccc1-2. The average molecular weight is 377 g/mol. The van der Waals surface area contributed by atoms with Gasteiger partial charge >= 0.3 is 0 Å². The van der Waals surface area contributed by atoms with Crippen LogP contribution >= 0.6 is 11.8 Å². The molecule has 1 unspecified atom stereocenters. The first-order valence-electron chi connectivity index (χ1n) is 9.53. The Labute approximate surface area is 164 Å². The van der Waals surface area contributed by atoms with Gasteiger partial charge in [-0.15, -0.1) is 0 Å². The van der Waals surface area contributed by atoms with E-state index >= 15 is 0 Å². The monoisotopic (exact) mass is 376 g/mol. The Balaban J connectivity index is 2.10. The van der Waals surface area contributed by atoms with Gasteiger partial charge in [-0.2, -0.15) is 0 Å². The van der Waals surface area contributed by atoms with Gasteiger partial charge in [-0.1, -0.05) is 75.0 Å². The summed E-state index contributed by atoms with van der Waals surface area (Å²) in [6.45, 7) is 6.46. The van der Waals surface area contributed by atoms with Crippen molar-refractivity contribution >= 4 is 11.8 Å². The van der Waals surface area contributed by atoms with Crippen LogP contribution in [0.3, 0.4) is 0 Å². The minimum atomic E-state index is -0.209. The second-order valence-corrected chi connectivity index (χ2v) is 8.51. The van der Waals surface area contributed by atoms with Crippen LogP contribution in [0.2, 0.25) is 0 Å². The van der Waals surface area contributed by atoms with Crippen LogP contribution in [-0.4, -0.2) is 15.3 Å². The Kier molecular flexibility index (Phi) is 4.68. The van der Waals surface area contributed by atoms with Crippen molar-refractivity contribution in [3.63, 3.8) is 0 Å². The second kappa shape index (κ2) is 7.01. The van der Waals surface area contributed by atoms with Crippen molar-refractivity contribution in [2.24, 2.45) is 0 Å². The number of thioether (sulfide) groups is 1. The zero-order valence-corrected chi connectivity index (χ0v) is 16.8. The van der Waals surface area contributed by atoms with Crippen molar-refractivity contribution in [2.75, 3.05) is 5.75 Å². The van der Waals surface area contributed by atoms with Gasteiger partial charge in [0.25, 0.3) is 5.56 Å². The minimum Gasteiger partial charge on any atom is -0.268 e. The van der Waals surface area contributed by atoms with Gasteiger partial charge in [0.1, 0.15) is 0 Å². The number of rotatable bonds is 4. The summed E-state index contributed by atoms with van der Waals surface area (Å²) in [5.41, 5.74) is 4.86. The molecule has 0 saturated carbocycles. The molecule has 0 fully saturated rings. The number of para-hydroxylation sites is 1. The fourth-order valence-corrected chi connectivity index (χ4v) is 4.72. The zero-order chi connectivity index (χ0) is 19.0. The molecule has 0 amide bonds. The normalized spacial score (nSPS) is 18.0. The van der Waals surface area contributed by atoms with Crippen molar-refractivity contribution in [1.82, 2.24) is 9.55 Å². The van der Waals surface area contributed by atoms with Gasteiger partial charge in [0.15, 0.2) is 5.16 Å². The molecule has 4 heteroatoms. The molecule has 4 rings (SSSR count). The molecule has 0 bridgehead atoms. The van der Waals surface area contributed by atoms with E-state index < -0.39 is 0 Å². The fourth-order valence-electron chi connectivity index (χ4n) is 3.99. The van der Waals surface area contributed by atoms with Crippen molar-refractivity contribution in [3.8, 4) is 16.9 Å². The Morgan fingerprint density at radius 1 is 1.07 bits per heavy atom. The summed E-state index contributed by atoms with van der Waals surface area (Å²) in [6, 6.07) is 18.3. The fraction of sp³-hybridized carbons (Fsp3) is 0.304. The molecule has 0 radical (unpaired) electrons. The third-order valence-corrected chi connectivity index (χ3v) is 6.40. The van der Waals surface area contributed by atoms with E-state index in [1.807, 2.05) is 36.4 Å². The van der Waals surface area contributed by atoms with Crippen LogP contribution in [0.25, 0.3) is 16.9 Å². The van der Waals surface area contributed by atoms with E-state index in [0.717, 1.165) is 46.3 Å². The van der Waals surface area contributed by atoms with Gasteiger partial charge in [-0.05, 0) is 36.3 Å². The number of nitrogens with zero attached hydrogens (tertiary/aromatic N) is 2. The molecule has 3 nitrogen and oxygen atoms in total. The molecule has 1 aromatic heterocycles. The highest BCUT2D eigenvalue weighted by Gasteiger charge is 2.38. The number of hydrogen-bond acceptors (Lipinski definition) is 3. The summed E-state index contributed by atoms with van der Waals surface area (Å²) < 4.78 is 1.80. The maximum Gasteiger partial charge on any atom is 0.263 e. The van der Waals surface area contributed by atoms with Crippen molar-refractivity contribution in [1.29, 1.82) is 0 Å². The zero-order valence-electron chi connectivity index (χ0n) is 16.0. The van der Waals surface area contributed by atoms with Crippen LogP contribution in [-0.2, 0) is 11.8 Å². The lowest BCUT2D eigenvalue weighted by Gasteiger charge is -2.35. The Morgan fingerprint density at radius 3 is 2.48 bits per heavy atom. The van der Waals surface area contributed by atoms with Gasteiger partial charge in [0.05, 0.1) is 16.9 Å². The molecular formula is C23H24N2OS. The summed E-state index contributed by atoms with van der Waals surface area (Å²) in [4.78, 5) is 18.9. The molecule has 1 heterocycles. The predicted octanol–water partition coefficient (Wildman–Crippen LogP) is 5.24. The second-order valence-electron chi connectivity index (χ2n) is 7.28. The van der Waals surface area contributed by atoms with E-state index in [1.54, 1.807) is 16.3 Å². The maximum atomic E-state index is 13.8. The van der Waals surface area contributed by atoms with E-state index in [9.17, 15) is 4.79 Å². The number of aromatic nitrogens is 2. The van der Waals surface area contributed by atoms with E-state index in [1.165, 1.54) is 5.56 Å². The highest BCUT2D eigenvalue weighted by molar-refractivity contribution is 7.99. The van der Waals surface area contributed by atoms with Crippen LogP contribution in [0.4, 0.5) is 0 Å². The van der Waals surface area contributed by atoms with Crippen molar-refractivity contribution in [3.05, 3.63) is 76.1 Å². The van der Waals surface area contributed by atoms with E-state index in [4.69, 9.17) is 4.98 Å². The molecule has 1 aliphatic rings. The lowest BCUT2D eigenvalue weighted by molar-refractivity contribution is 0.435. The van der Waals surface area contributed by atoms with Crippen LogP contribution in [0.15, 0.2) is 64.5 Å². The van der Waals surface area contributed by atoms with Gasteiger partial charge < -0.3 is 0 Å². The van der Waals surface area contributed by atoms with Gasteiger partial charge in [-0.3, -0.25) is 9.36 Å². The molecule has 1 atom stereocenters. The number of hydrogen-bond donors (Lipinski definition) is 0. The Bertz CT molecular complexity index is 1040. The predicted molar refractivity (Wildman–Crippen MR) is 113 cm³/mol. The molecule has 0 saturated heterocycles. The first kappa shape index (κ1) is 18.1. The maximum absolute atomic E-state index is 13.8. The van der Waals surface area contributed by atoms with Gasteiger partial charge in [0, 0.05) is 11.0 Å². The van der Waals surface area contributed by atoms with Crippen LogP contribution in [0.1, 0.15) is 38.3 Å². The lowest BCUT2D eigenvalue weighted by atomic mass is 9.69. The molecule has 27 heavy (non-hydrogen) atoms. The number of fused-ring (bicyclic) bond motifs is 3. The first-order valence-corrected chi connectivity index (χ1v) is 10.5. The van der Waals surface area contributed by atoms with Crippen molar-refractivity contribution in [2.45, 2.75) is 44.2 Å². The van der Waals surface area contributed by atoms with E-state index in [2.05, 4.69) is 39.0 Å². The Hall–Kier alpha value is -2.33. The highest BCUT2D eigenvalue weighted by Crippen LogP contribution is 2.43.